The summed E-state index contributed by atoms with van der Waals surface area (Å²) >= 11 is 0. The van der Waals surface area contributed by atoms with Crippen LogP contribution in [0.1, 0.15) is 27.2 Å². The van der Waals surface area contributed by atoms with Crippen molar-refractivity contribution in [2.24, 2.45) is 0 Å². The minimum absolute atomic E-state index is 0.134. The average Bonchev–Trinajstić information content (AvgIpc) is 2.71. The SMILES string of the molecule is Cc1cccc(NC(=O)c2cn[nH]c2C)c1C. The fourth-order valence-corrected chi connectivity index (χ4v) is 1.66. The van der Waals surface area contributed by atoms with Gasteiger partial charge in [0, 0.05) is 11.4 Å². The van der Waals surface area contributed by atoms with Crippen LogP contribution in [0.4, 0.5) is 5.69 Å². The monoisotopic (exact) mass is 229 g/mol. The lowest BCUT2D eigenvalue weighted by Crippen LogP contribution is -2.13. The number of hydrogen-bond donors (Lipinski definition) is 2. The molecule has 88 valence electrons. The van der Waals surface area contributed by atoms with Gasteiger partial charge in [-0.3, -0.25) is 9.89 Å². The maximum absolute atomic E-state index is 12.0. The smallest absolute Gasteiger partial charge is 0.259 e. The van der Waals surface area contributed by atoms with Crippen molar-refractivity contribution in [3.8, 4) is 0 Å². The van der Waals surface area contributed by atoms with Crippen LogP contribution in [0.25, 0.3) is 0 Å². The third-order valence-corrected chi connectivity index (χ3v) is 2.93. The molecular formula is C13H15N3O. The second-order valence-corrected chi connectivity index (χ2v) is 4.11. The number of anilines is 1. The van der Waals surface area contributed by atoms with E-state index < -0.39 is 0 Å². The fourth-order valence-electron chi connectivity index (χ4n) is 1.66. The predicted octanol–water partition coefficient (Wildman–Crippen LogP) is 2.59. The number of carbonyl (C=O) groups excluding carboxylic acids is 1. The molecule has 0 spiro atoms. The topological polar surface area (TPSA) is 57.8 Å². The summed E-state index contributed by atoms with van der Waals surface area (Å²) in [7, 11) is 0. The molecule has 0 saturated carbocycles. The van der Waals surface area contributed by atoms with Crippen molar-refractivity contribution in [1.82, 2.24) is 10.2 Å². The fraction of sp³-hybridized carbons (Fsp3) is 0.231. The Morgan fingerprint density at radius 3 is 2.71 bits per heavy atom. The van der Waals surface area contributed by atoms with E-state index in [4.69, 9.17) is 0 Å². The lowest BCUT2D eigenvalue weighted by Gasteiger charge is -2.09. The van der Waals surface area contributed by atoms with Gasteiger partial charge in [0.05, 0.1) is 11.8 Å². The van der Waals surface area contributed by atoms with Crippen LogP contribution in [0, 0.1) is 20.8 Å². The van der Waals surface area contributed by atoms with Crippen LogP contribution in [0.2, 0.25) is 0 Å². The number of H-pyrrole nitrogens is 1. The number of nitrogens with one attached hydrogen (secondary N) is 2. The van der Waals surface area contributed by atoms with Gasteiger partial charge in [-0.25, -0.2) is 0 Å². The van der Waals surface area contributed by atoms with Crippen LogP contribution >= 0.6 is 0 Å². The molecule has 0 fully saturated rings. The first-order chi connectivity index (χ1) is 8.09. The molecule has 0 unspecified atom stereocenters. The van der Waals surface area contributed by atoms with Crippen molar-refractivity contribution in [2.75, 3.05) is 5.32 Å². The van der Waals surface area contributed by atoms with Crippen molar-refractivity contribution in [3.05, 3.63) is 46.8 Å². The molecule has 0 bridgehead atoms. The lowest BCUT2D eigenvalue weighted by molar-refractivity contribution is 0.102. The number of nitrogens with zero attached hydrogens (tertiary/aromatic N) is 1. The van der Waals surface area contributed by atoms with Gasteiger partial charge in [-0.1, -0.05) is 12.1 Å². The van der Waals surface area contributed by atoms with Gasteiger partial charge in [0.15, 0.2) is 0 Å². The van der Waals surface area contributed by atoms with Crippen LogP contribution < -0.4 is 5.32 Å². The highest BCUT2D eigenvalue weighted by Gasteiger charge is 2.12. The zero-order chi connectivity index (χ0) is 12.4. The molecule has 4 heteroatoms. The van der Waals surface area contributed by atoms with E-state index >= 15 is 0 Å². The second kappa shape index (κ2) is 4.41. The van der Waals surface area contributed by atoms with Crippen molar-refractivity contribution < 1.29 is 4.79 Å². The molecule has 0 aliphatic heterocycles. The molecule has 0 radical (unpaired) electrons. The molecule has 0 atom stereocenters. The maximum atomic E-state index is 12.0. The van der Waals surface area contributed by atoms with E-state index in [0.717, 1.165) is 22.5 Å². The normalized spacial score (nSPS) is 10.3. The molecule has 2 N–H and O–H groups in total. The van der Waals surface area contributed by atoms with E-state index in [9.17, 15) is 4.79 Å². The van der Waals surface area contributed by atoms with E-state index in [2.05, 4.69) is 15.5 Å². The van der Waals surface area contributed by atoms with Crippen LogP contribution in [0.3, 0.4) is 0 Å². The molecule has 1 heterocycles. The summed E-state index contributed by atoms with van der Waals surface area (Å²) in [5.74, 6) is -0.134. The third kappa shape index (κ3) is 2.20. The Hall–Kier alpha value is -2.10. The molecule has 1 aromatic carbocycles. The van der Waals surface area contributed by atoms with Gasteiger partial charge in [0.25, 0.3) is 5.91 Å². The third-order valence-electron chi connectivity index (χ3n) is 2.93. The molecule has 0 saturated heterocycles. The van der Waals surface area contributed by atoms with Crippen molar-refractivity contribution in [3.63, 3.8) is 0 Å². The minimum Gasteiger partial charge on any atom is -0.322 e. The number of amides is 1. The number of benzene rings is 1. The van der Waals surface area contributed by atoms with Gasteiger partial charge in [-0.2, -0.15) is 5.10 Å². The average molecular weight is 229 g/mol. The Morgan fingerprint density at radius 2 is 2.06 bits per heavy atom. The standard InChI is InChI=1S/C13H15N3O/c1-8-5-4-6-12(9(8)2)15-13(17)11-7-14-16-10(11)3/h4-7H,1-3H3,(H,14,16)(H,15,17). The number of aromatic amines is 1. The highest BCUT2D eigenvalue weighted by molar-refractivity contribution is 6.05. The van der Waals surface area contributed by atoms with Crippen molar-refractivity contribution in [1.29, 1.82) is 0 Å². The van der Waals surface area contributed by atoms with Crippen molar-refractivity contribution in [2.45, 2.75) is 20.8 Å². The number of hydrogen-bond acceptors (Lipinski definition) is 2. The zero-order valence-electron chi connectivity index (χ0n) is 10.2. The van der Waals surface area contributed by atoms with E-state index in [1.54, 1.807) is 0 Å². The molecule has 0 aliphatic carbocycles. The molecule has 1 aromatic heterocycles. The Kier molecular flexibility index (Phi) is 2.95. The van der Waals surface area contributed by atoms with E-state index in [1.807, 2.05) is 39.0 Å². The highest BCUT2D eigenvalue weighted by Crippen LogP contribution is 2.19. The number of aromatic nitrogens is 2. The van der Waals surface area contributed by atoms with Gasteiger partial charge < -0.3 is 5.32 Å². The van der Waals surface area contributed by atoms with Gasteiger partial charge in [0.1, 0.15) is 0 Å². The Balaban J connectivity index is 2.25. The van der Waals surface area contributed by atoms with E-state index in [-0.39, 0.29) is 5.91 Å². The molecule has 2 rings (SSSR count). The first-order valence-electron chi connectivity index (χ1n) is 5.47. The molecule has 1 amide bonds. The number of rotatable bonds is 2. The van der Waals surface area contributed by atoms with Gasteiger partial charge >= 0.3 is 0 Å². The van der Waals surface area contributed by atoms with E-state index in [1.165, 1.54) is 6.20 Å². The quantitative estimate of drug-likeness (QED) is 0.831. The highest BCUT2D eigenvalue weighted by atomic mass is 16.1. The van der Waals surface area contributed by atoms with Crippen LogP contribution in [-0.2, 0) is 0 Å². The van der Waals surface area contributed by atoms with Gasteiger partial charge in [-0.15, -0.1) is 0 Å². The summed E-state index contributed by atoms with van der Waals surface area (Å²) in [4.78, 5) is 12.0. The Bertz CT molecular complexity index is 558. The summed E-state index contributed by atoms with van der Waals surface area (Å²) in [6, 6.07) is 5.85. The summed E-state index contributed by atoms with van der Waals surface area (Å²) in [5.41, 5.74) is 4.43. The molecular weight excluding hydrogens is 214 g/mol. The number of carbonyl (C=O) groups is 1. The van der Waals surface area contributed by atoms with Crippen LogP contribution in [0.5, 0.6) is 0 Å². The molecule has 17 heavy (non-hydrogen) atoms. The van der Waals surface area contributed by atoms with Crippen molar-refractivity contribution >= 4 is 11.6 Å². The van der Waals surface area contributed by atoms with Gasteiger partial charge in [-0.05, 0) is 38.0 Å². The summed E-state index contributed by atoms with van der Waals surface area (Å²) in [5, 5.41) is 9.48. The number of aryl methyl sites for hydroxylation is 2. The maximum Gasteiger partial charge on any atom is 0.259 e. The van der Waals surface area contributed by atoms with Gasteiger partial charge in [0.2, 0.25) is 0 Å². The molecule has 0 aliphatic rings. The zero-order valence-corrected chi connectivity index (χ0v) is 10.2. The second-order valence-electron chi connectivity index (χ2n) is 4.11. The minimum atomic E-state index is -0.134. The largest absolute Gasteiger partial charge is 0.322 e. The summed E-state index contributed by atoms with van der Waals surface area (Å²) < 4.78 is 0. The molecule has 2 aromatic rings. The van der Waals surface area contributed by atoms with E-state index in [0.29, 0.717) is 5.56 Å². The first-order valence-corrected chi connectivity index (χ1v) is 5.47. The Labute approximate surface area is 100 Å². The van der Waals surface area contributed by atoms with Crippen LogP contribution in [0.15, 0.2) is 24.4 Å². The Morgan fingerprint density at radius 1 is 1.29 bits per heavy atom. The summed E-state index contributed by atoms with van der Waals surface area (Å²) in [6.45, 7) is 5.84. The lowest BCUT2D eigenvalue weighted by atomic mass is 10.1. The predicted molar refractivity (Wildman–Crippen MR) is 67.2 cm³/mol. The summed E-state index contributed by atoms with van der Waals surface area (Å²) in [6.07, 6.45) is 1.54. The first kappa shape index (κ1) is 11.4. The molecule has 4 nitrogen and oxygen atoms in total. The van der Waals surface area contributed by atoms with Crippen LogP contribution in [-0.4, -0.2) is 16.1 Å².